The van der Waals surface area contributed by atoms with Gasteiger partial charge in [0, 0.05) is 5.56 Å². The highest BCUT2D eigenvalue weighted by Crippen LogP contribution is 2.36. The molecule has 0 spiro atoms. The number of carbonyl (C=O) groups is 1. The van der Waals surface area contributed by atoms with Crippen LogP contribution in [0.3, 0.4) is 0 Å². The molecule has 2 aromatic rings. The Bertz CT molecular complexity index is 655. The number of rotatable bonds is 5. The second-order valence-electron chi connectivity index (χ2n) is 3.79. The number of oxime groups is 1. The molecule has 1 aromatic carbocycles. The third-order valence-corrected chi connectivity index (χ3v) is 3.80. The summed E-state index contributed by atoms with van der Waals surface area (Å²) in [5.74, 6) is 0.390. The highest BCUT2D eigenvalue weighted by atomic mass is 35.5. The van der Waals surface area contributed by atoms with Gasteiger partial charge in [-0.25, -0.2) is 4.79 Å². The van der Waals surface area contributed by atoms with Crippen LogP contribution in [0.1, 0.15) is 15.2 Å². The minimum Gasteiger partial charge on any atom is -0.493 e. The van der Waals surface area contributed by atoms with Gasteiger partial charge in [0.1, 0.15) is 4.88 Å². The minimum absolute atomic E-state index is 0.327. The summed E-state index contributed by atoms with van der Waals surface area (Å²) < 4.78 is 10.3. The van der Waals surface area contributed by atoms with Crippen molar-refractivity contribution >= 4 is 35.1 Å². The first-order valence-corrected chi connectivity index (χ1v) is 7.11. The summed E-state index contributed by atoms with van der Waals surface area (Å²) in [5.41, 5.74) is 0.549. The van der Waals surface area contributed by atoms with Crippen molar-refractivity contribution in [2.45, 2.75) is 0 Å². The summed E-state index contributed by atoms with van der Waals surface area (Å²) in [6.45, 7) is 0. The lowest BCUT2D eigenvalue weighted by atomic mass is 10.2. The molecule has 0 N–H and O–H groups in total. The monoisotopic (exact) mass is 325 g/mol. The number of hydrogen-bond acceptors (Lipinski definition) is 6. The van der Waals surface area contributed by atoms with E-state index in [1.807, 2.05) is 0 Å². The van der Waals surface area contributed by atoms with Gasteiger partial charge in [-0.15, -0.1) is 11.3 Å². The van der Waals surface area contributed by atoms with E-state index in [9.17, 15) is 4.79 Å². The molecule has 0 bridgehead atoms. The van der Waals surface area contributed by atoms with Gasteiger partial charge in [-0.1, -0.05) is 22.8 Å². The van der Waals surface area contributed by atoms with Crippen LogP contribution in [-0.4, -0.2) is 26.4 Å². The zero-order valence-electron chi connectivity index (χ0n) is 11.3. The number of nitrogens with zero attached hydrogens (tertiary/aromatic N) is 1. The van der Waals surface area contributed by atoms with E-state index in [1.165, 1.54) is 31.8 Å². The van der Waals surface area contributed by atoms with Crippen LogP contribution < -0.4 is 9.47 Å². The molecular formula is C14H12ClNO4S. The number of thiophene rings is 1. The van der Waals surface area contributed by atoms with Gasteiger partial charge >= 0.3 is 5.97 Å². The quantitative estimate of drug-likeness (QED) is 0.479. The first-order valence-electron chi connectivity index (χ1n) is 5.86. The van der Waals surface area contributed by atoms with Crippen molar-refractivity contribution in [1.82, 2.24) is 0 Å². The fraction of sp³-hybridized carbons (Fsp3) is 0.143. The van der Waals surface area contributed by atoms with Crippen LogP contribution >= 0.6 is 22.9 Å². The predicted octanol–water partition coefficient (Wildman–Crippen LogP) is 3.61. The van der Waals surface area contributed by atoms with E-state index >= 15 is 0 Å². The number of methoxy groups -OCH3 is 2. The maximum Gasteiger partial charge on any atom is 0.375 e. The largest absolute Gasteiger partial charge is 0.493 e. The smallest absolute Gasteiger partial charge is 0.375 e. The van der Waals surface area contributed by atoms with Crippen LogP contribution in [0.5, 0.6) is 11.5 Å². The Morgan fingerprint density at radius 2 is 2.10 bits per heavy atom. The van der Waals surface area contributed by atoms with Crippen molar-refractivity contribution in [2.75, 3.05) is 14.2 Å². The lowest BCUT2D eigenvalue weighted by molar-refractivity contribution is 0.0525. The van der Waals surface area contributed by atoms with Crippen molar-refractivity contribution in [1.29, 1.82) is 0 Å². The maximum absolute atomic E-state index is 11.6. The summed E-state index contributed by atoms with van der Waals surface area (Å²) in [7, 11) is 3.01. The van der Waals surface area contributed by atoms with Crippen LogP contribution in [0.2, 0.25) is 5.02 Å². The van der Waals surface area contributed by atoms with Gasteiger partial charge in [0.2, 0.25) is 0 Å². The van der Waals surface area contributed by atoms with Crippen molar-refractivity contribution in [3.05, 3.63) is 45.1 Å². The van der Waals surface area contributed by atoms with Gasteiger partial charge in [-0.05, 0) is 23.6 Å². The van der Waals surface area contributed by atoms with Crippen LogP contribution in [0.25, 0.3) is 0 Å². The number of hydrogen-bond donors (Lipinski definition) is 0. The van der Waals surface area contributed by atoms with E-state index in [2.05, 4.69) is 5.16 Å². The Kier molecular flexibility index (Phi) is 5.19. The highest BCUT2D eigenvalue weighted by molar-refractivity contribution is 7.11. The molecule has 0 aliphatic heterocycles. The fourth-order valence-corrected chi connectivity index (χ4v) is 2.45. The molecule has 1 heterocycles. The molecule has 0 aliphatic rings. The molecule has 21 heavy (non-hydrogen) atoms. The van der Waals surface area contributed by atoms with Gasteiger partial charge in [-0.2, -0.15) is 0 Å². The standard InChI is InChI=1S/C14H12ClNO4S/c1-18-10-6-5-9(12(15)13(10)19-2)8-16-20-14(17)11-4-3-7-21-11/h3-8H,1-2H3. The average molecular weight is 326 g/mol. The first kappa shape index (κ1) is 15.3. The summed E-state index contributed by atoms with van der Waals surface area (Å²) in [4.78, 5) is 16.9. The summed E-state index contributed by atoms with van der Waals surface area (Å²) in [6, 6.07) is 6.79. The molecule has 1 aromatic heterocycles. The molecule has 5 nitrogen and oxygen atoms in total. The molecular weight excluding hydrogens is 314 g/mol. The number of benzene rings is 1. The van der Waals surface area contributed by atoms with E-state index in [-0.39, 0.29) is 0 Å². The zero-order chi connectivity index (χ0) is 15.2. The van der Waals surface area contributed by atoms with Crippen molar-refractivity contribution < 1.29 is 19.1 Å². The van der Waals surface area contributed by atoms with Gasteiger partial charge in [0.05, 0.1) is 25.5 Å². The Labute approximate surface area is 130 Å². The third kappa shape index (κ3) is 3.53. The zero-order valence-corrected chi connectivity index (χ0v) is 12.9. The molecule has 0 unspecified atom stereocenters. The SMILES string of the molecule is COc1ccc(C=NOC(=O)c2cccs2)c(Cl)c1OC. The Morgan fingerprint density at radius 3 is 2.71 bits per heavy atom. The van der Waals surface area contributed by atoms with E-state index in [1.54, 1.807) is 29.6 Å². The van der Waals surface area contributed by atoms with E-state index in [4.69, 9.17) is 25.9 Å². The second-order valence-corrected chi connectivity index (χ2v) is 5.12. The molecule has 7 heteroatoms. The summed E-state index contributed by atoms with van der Waals surface area (Å²) >= 11 is 7.45. The van der Waals surface area contributed by atoms with E-state index < -0.39 is 5.97 Å². The predicted molar refractivity (Wildman–Crippen MR) is 81.9 cm³/mol. The molecule has 110 valence electrons. The molecule has 0 saturated heterocycles. The summed E-state index contributed by atoms with van der Waals surface area (Å²) in [6.07, 6.45) is 1.34. The summed E-state index contributed by atoms with van der Waals surface area (Å²) in [5, 5.41) is 5.75. The van der Waals surface area contributed by atoms with Crippen molar-refractivity contribution in [2.24, 2.45) is 5.16 Å². The minimum atomic E-state index is -0.516. The molecule has 0 saturated carbocycles. The van der Waals surface area contributed by atoms with E-state index in [0.717, 1.165) is 0 Å². The highest BCUT2D eigenvalue weighted by Gasteiger charge is 2.12. The second kappa shape index (κ2) is 7.10. The Balaban J connectivity index is 2.12. The van der Waals surface area contributed by atoms with Crippen LogP contribution in [0, 0.1) is 0 Å². The number of carbonyl (C=O) groups excluding carboxylic acids is 1. The van der Waals surface area contributed by atoms with Gasteiger partial charge in [0.15, 0.2) is 11.5 Å². The average Bonchev–Trinajstić information content (AvgIpc) is 3.02. The van der Waals surface area contributed by atoms with Crippen LogP contribution in [-0.2, 0) is 4.84 Å². The number of halogens is 1. The van der Waals surface area contributed by atoms with Crippen molar-refractivity contribution in [3.63, 3.8) is 0 Å². The van der Waals surface area contributed by atoms with Crippen LogP contribution in [0.4, 0.5) is 0 Å². The normalized spacial score (nSPS) is 10.6. The molecule has 0 fully saturated rings. The molecule has 2 rings (SSSR count). The third-order valence-electron chi connectivity index (χ3n) is 2.56. The molecule has 0 aliphatic carbocycles. The van der Waals surface area contributed by atoms with E-state index in [0.29, 0.717) is 27.0 Å². The molecule has 0 radical (unpaired) electrons. The lowest BCUT2D eigenvalue weighted by Crippen LogP contribution is -1.98. The van der Waals surface area contributed by atoms with Gasteiger partial charge < -0.3 is 14.3 Å². The Morgan fingerprint density at radius 1 is 1.29 bits per heavy atom. The first-order chi connectivity index (χ1) is 10.2. The van der Waals surface area contributed by atoms with Crippen LogP contribution in [0.15, 0.2) is 34.8 Å². The number of ether oxygens (including phenoxy) is 2. The van der Waals surface area contributed by atoms with Gasteiger partial charge in [-0.3, -0.25) is 0 Å². The molecule has 0 amide bonds. The van der Waals surface area contributed by atoms with Crippen molar-refractivity contribution in [3.8, 4) is 11.5 Å². The maximum atomic E-state index is 11.6. The fourth-order valence-electron chi connectivity index (χ4n) is 1.57. The molecule has 0 atom stereocenters. The topological polar surface area (TPSA) is 57.1 Å². The lowest BCUT2D eigenvalue weighted by Gasteiger charge is -2.10. The van der Waals surface area contributed by atoms with Gasteiger partial charge in [0.25, 0.3) is 0 Å². The Hall–Kier alpha value is -2.05.